The van der Waals surface area contributed by atoms with Gasteiger partial charge in [-0.1, -0.05) is 0 Å². The van der Waals surface area contributed by atoms with Gasteiger partial charge in [-0.25, -0.2) is 9.18 Å². The Hall–Kier alpha value is -3.22. The molecule has 0 saturated carbocycles. The molecule has 6 nitrogen and oxygen atoms in total. The highest BCUT2D eigenvalue weighted by Crippen LogP contribution is 2.18. The zero-order valence-corrected chi connectivity index (χ0v) is 12.7. The van der Waals surface area contributed by atoms with Gasteiger partial charge in [0.05, 0.1) is 12.7 Å². The molecule has 7 heteroatoms. The molecular formula is C17H14FNO5. The van der Waals surface area contributed by atoms with Crippen molar-refractivity contribution in [3.05, 3.63) is 65.0 Å². The van der Waals surface area contributed by atoms with Crippen molar-refractivity contribution in [1.82, 2.24) is 0 Å². The molecule has 0 fully saturated rings. The van der Waals surface area contributed by atoms with Gasteiger partial charge in [-0.15, -0.1) is 0 Å². The number of hydrogen-bond donors (Lipinski definition) is 1. The summed E-state index contributed by atoms with van der Waals surface area (Å²) in [6, 6.07) is 9.17. The Morgan fingerprint density at radius 2 is 1.58 bits per heavy atom. The first kappa shape index (κ1) is 17.1. The third-order valence-electron chi connectivity index (χ3n) is 3.21. The number of Topliss-reactive ketones (excluding diaryl/α,β-unsaturated/α-hetero) is 1. The number of ketones is 1. The Kier molecular flexibility index (Phi) is 5.26. The van der Waals surface area contributed by atoms with Crippen molar-refractivity contribution >= 4 is 17.7 Å². The fourth-order valence-electron chi connectivity index (χ4n) is 1.91. The number of amides is 1. The van der Waals surface area contributed by atoms with Gasteiger partial charge in [0.1, 0.15) is 0 Å². The predicted octanol–water partition coefficient (Wildman–Crippen LogP) is 1.97. The lowest BCUT2D eigenvalue weighted by molar-refractivity contribution is 0.0474. The van der Waals surface area contributed by atoms with E-state index in [0.29, 0.717) is 0 Å². The van der Waals surface area contributed by atoms with E-state index in [0.717, 1.165) is 6.07 Å². The van der Waals surface area contributed by atoms with Crippen LogP contribution in [0.15, 0.2) is 42.5 Å². The quantitative estimate of drug-likeness (QED) is 0.645. The molecule has 0 unspecified atom stereocenters. The van der Waals surface area contributed by atoms with E-state index in [9.17, 15) is 18.8 Å². The molecule has 0 atom stereocenters. The van der Waals surface area contributed by atoms with Crippen molar-refractivity contribution in [2.75, 3.05) is 13.7 Å². The van der Waals surface area contributed by atoms with Gasteiger partial charge >= 0.3 is 5.97 Å². The first-order valence-corrected chi connectivity index (χ1v) is 6.86. The molecule has 2 aromatic rings. The Morgan fingerprint density at radius 1 is 1.00 bits per heavy atom. The summed E-state index contributed by atoms with van der Waals surface area (Å²) in [6.45, 7) is -0.540. The first-order chi connectivity index (χ1) is 11.4. The van der Waals surface area contributed by atoms with Gasteiger partial charge in [-0.2, -0.15) is 0 Å². The van der Waals surface area contributed by atoms with Crippen LogP contribution < -0.4 is 10.5 Å². The zero-order valence-electron chi connectivity index (χ0n) is 12.7. The summed E-state index contributed by atoms with van der Waals surface area (Å²) in [4.78, 5) is 34.7. The van der Waals surface area contributed by atoms with Crippen LogP contribution in [0, 0.1) is 5.82 Å². The van der Waals surface area contributed by atoms with Crippen LogP contribution in [-0.4, -0.2) is 31.4 Å². The van der Waals surface area contributed by atoms with E-state index in [1.54, 1.807) is 0 Å². The number of esters is 1. The number of methoxy groups -OCH3 is 1. The predicted molar refractivity (Wildman–Crippen MR) is 82.5 cm³/mol. The van der Waals surface area contributed by atoms with Crippen LogP contribution in [0.3, 0.4) is 0 Å². The lowest BCUT2D eigenvalue weighted by atomic mass is 10.1. The third kappa shape index (κ3) is 3.95. The van der Waals surface area contributed by atoms with Crippen molar-refractivity contribution in [3.63, 3.8) is 0 Å². The molecule has 0 aliphatic carbocycles. The van der Waals surface area contributed by atoms with Gasteiger partial charge in [0.2, 0.25) is 5.91 Å². The monoisotopic (exact) mass is 331 g/mol. The van der Waals surface area contributed by atoms with E-state index >= 15 is 0 Å². The highest BCUT2D eigenvalue weighted by Gasteiger charge is 2.14. The van der Waals surface area contributed by atoms with Crippen LogP contribution in [0.1, 0.15) is 31.1 Å². The molecule has 0 aliphatic rings. The number of halogens is 1. The molecule has 2 rings (SSSR count). The molecule has 0 bridgehead atoms. The van der Waals surface area contributed by atoms with E-state index in [2.05, 4.69) is 0 Å². The number of benzene rings is 2. The fourth-order valence-corrected chi connectivity index (χ4v) is 1.91. The highest BCUT2D eigenvalue weighted by molar-refractivity contribution is 6.00. The number of nitrogens with two attached hydrogens (primary N) is 1. The van der Waals surface area contributed by atoms with Crippen LogP contribution in [0.2, 0.25) is 0 Å². The maximum absolute atomic E-state index is 13.6. The second-order valence-corrected chi connectivity index (χ2v) is 4.79. The molecular weight excluding hydrogens is 317 g/mol. The minimum Gasteiger partial charge on any atom is -0.494 e. The van der Waals surface area contributed by atoms with Gasteiger partial charge in [0.25, 0.3) is 0 Å². The maximum Gasteiger partial charge on any atom is 0.338 e. The zero-order chi connectivity index (χ0) is 17.7. The molecule has 2 aromatic carbocycles. The summed E-state index contributed by atoms with van der Waals surface area (Å²) < 4.78 is 23.2. The SMILES string of the molecule is COc1ccc(C(=O)COC(=O)c2ccc(C(N)=O)cc2)cc1F. The molecule has 1 amide bonds. The fraction of sp³-hybridized carbons (Fsp3) is 0.118. The Bertz CT molecular complexity index is 786. The number of rotatable bonds is 6. The van der Waals surface area contributed by atoms with Gasteiger partial charge in [0, 0.05) is 11.1 Å². The second-order valence-electron chi connectivity index (χ2n) is 4.79. The lowest BCUT2D eigenvalue weighted by Crippen LogP contribution is -2.15. The van der Waals surface area contributed by atoms with Crippen molar-refractivity contribution in [3.8, 4) is 5.75 Å². The molecule has 0 aromatic heterocycles. The van der Waals surface area contributed by atoms with Gasteiger partial charge < -0.3 is 15.2 Å². The highest BCUT2D eigenvalue weighted by atomic mass is 19.1. The van der Waals surface area contributed by atoms with E-state index < -0.39 is 30.1 Å². The van der Waals surface area contributed by atoms with Crippen molar-refractivity contribution in [1.29, 1.82) is 0 Å². The summed E-state index contributed by atoms with van der Waals surface area (Å²) in [5, 5.41) is 0. The number of carbonyl (C=O) groups is 3. The van der Waals surface area contributed by atoms with Gasteiger partial charge in [-0.3, -0.25) is 9.59 Å². The summed E-state index contributed by atoms with van der Waals surface area (Å²) >= 11 is 0. The van der Waals surface area contributed by atoms with Gasteiger partial charge in [0.15, 0.2) is 24.0 Å². The van der Waals surface area contributed by atoms with Crippen LogP contribution in [0.5, 0.6) is 5.75 Å². The first-order valence-electron chi connectivity index (χ1n) is 6.86. The molecule has 2 N–H and O–H groups in total. The average molecular weight is 331 g/mol. The molecule has 0 radical (unpaired) electrons. The standard InChI is InChI=1S/C17H14FNO5/c1-23-15-7-6-12(8-13(15)18)14(20)9-24-17(22)11-4-2-10(3-5-11)16(19)21/h2-8H,9H2,1H3,(H2,19,21). The molecule has 0 aliphatic heterocycles. The molecule has 0 heterocycles. The number of hydrogen-bond acceptors (Lipinski definition) is 5. The summed E-state index contributed by atoms with van der Waals surface area (Å²) in [7, 11) is 1.31. The van der Waals surface area contributed by atoms with Crippen molar-refractivity contribution < 1.29 is 28.2 Å². The molecule has 124 valence electrons. The average Bonchev–Trinajstić information content (AvgIpc) is 2.59. The minimum atomic E-state index is -0.742. The largest absolute Gasteiger partial charge is 0.494 e. The topological polar surface area (TPSA) is 95.7 Å². The van der Waals surface area contributed by atoms with Crippen molar-refractivity contribution in [2.45, 2.75) is 0 Å². The Morgan fingerprint density at radius 3 is 2.12 bits per heavy atom. The number of carbonyl (C=O) groups excluding carboxylic acids is 3. The number of primary amides is 1. The lowest BCUT2D eigenvalue weighted by Gasteiger charge is -2.06. The Labute approximate surface area is 137 Å². The van der Waals surface area contributed by atoms with Crippen LogP contribution in [0.25, 0.3) is 0 Å². The van der Waals surface area contributed by atoms with Crippen LogP contribution in [-0.2, 0) is 4.74 Å². The second kappa shape index (κ2) is 7.36. The van der Waals surface area contributed by atoms with Crippen LogP contribution >= 0.6 is 0 Å². The summed E-state index contributed by atoms with van der Waals surface area (Å²) in [5.41, 5.74) is 5.56. The Balaban J connectivity index is 1.99. The number of ether oxygens (including phenoxy) is 2. The smallest absolute Gasteiger partial charge is 0.338 e. The normalized spacial score (nSPS) is 10.1. The summed E-state index contributed by atoms with van der Waals surface area (Å²) in [5.74, 6) is -2.59. The maximum atomic E-state index is 13.6. The molecule has 24 heavy (non-hydrogen) atoms. The van der Waals surface area contributed by atoms with Crippen LogP contribution in [0.4, 0.5) is 4.39 Å². The minimum absolute atomic E-state index is 0.0121. The van der Waals surface area contributed by atoms with Gasteiger partial charge in [-0.05, 0) is 42.5 Å². The van der Waals surface area contributed by atoms with Crippen molar-refractivity contribution in [2.24, 2.45) is 5.73 Å². The van der Waals surface area contributed by atoms with E-state index in [-0.39, 0.29) is 22.4 Å². The van der Waals surface area contributed by atoms with E-state index in [1.807, 2.05) is 0 Å². The summed E-state index contributed by atoms with van der Waals surface area (Å²) in [6.07, 6.45) is 0. The van der Waals surface area contributed by atoms with E-state index in [1.165, 1.54) is 43.5 Å². The third-order valence-corrected chi connectivity index (χ3v) is 3.21. The van der Waals surface area contributed by atoms with E-state index in [4.69, 9.17) is 15.2 Å². The molecule has 0 spiro atoms. The molecule has 0 saturated heterocycles.